The van der Waals surface area contributed by atoms with Gasteiger partial charge in [-0.15, -0.1) is 0 Å². The average Bonchev–Trinajstić information content (AvgIpc) is 3.17. The molecular weight excluding hydrogens is 538 g/mol. The Kier molecular flexibility index (Phi) is 7.45. The van der Waals surface area contributed by atoms with Crippen LogP contribution in [0.25, 0.3) is 0 Å². The van der Waals surface area contributed by atoms with Gasteiger partial charge in [0, 0.05) is 0 Å². The number of primary amides is 1. The van der Waals surface area contributed by atoms with E-state index in [1.165, 1.54) is 0 Å². The first-order valence-electron chi connectivity index (χ1n) is 14.3. The Morgan fingerprint density at radius 3 is 2.32 bits per heavy atom. The van der Waals surface area contributed by atoms with Gasteiger partial charge >= 0.3 is 219 Å². The number of Topliss-reactive ketones (excluding diaryl/α,β-unsaturated/α-hetero) is 1. The number of allylic oxidation sites excluding steroid dienone is 2. The molecule has 5 rings (SSSR count). The number of phenols is 1. The predicted molar refractivity (Wildman–Crippen MR) is 166 cm³/mol. The number of amides is 1. The Hall–Kier alpha value is -2.68. The van der Waals surface area contributed by atoms with Gasteiger partial charge in [0.05, 0.1) is 0 Å². The summed E-state index contributed by atoms with van der Waals surface area (Å²) in [5, 5.41) is 33.1. The molecular formula is C30H42BN4O5P. The summed E-state index contributed by atoms with van der Waals surface area (Å²) in [6.07, 6.45) is 3.14. The van der Waals surface area contributed by atoms with Gasteiger partial charge in [-0.25, -0.2) is 0 Å². The molecule has 3 unspecified atom stereocenters. The number of phenolic OH excluding ortho intramolecular Hbond substituents is 1. The van der Waals surface area contributed by atoms with Gasteiger partial charge in [0.2, 0.25) is 0 Å². The number of benzene rings is 1. The van der Waals surface area contributed by atoms with Crippen LogP contribution in [0.4, 0.5) is 5.69 Å². The van der Waals surface area contributed by atoms with E-state index in [4.69, 9.17) is 5.73 Å². The Morgan fingerprint density at radius 1 is 1.17 bits per heavy atom. The zero-order valence-electron chi connectivity index (χ0n) is 24.9. The van der Waals surface area contributed by atoms with Gasteiger partial charge in [0.25, 0.3) is 0 Å². The van der Waals surface area contributed by atoms with E-state index >= 15 is 0 Å². The summed E-state index contributed by atoms with van der Waals surface area (Å²) in [6.45, 7) is 5.12. The molecule has 1 aromatic carbocycles. The first-order valence-corrected chi connectivity index (χ1v) is 14.9. The Bertz CT molecular complexity index is 1410. The van der Waals surface area contributed by atoms with Gasteiger partial charge < -0.3 is 0 Å². The van der Waals surface area contributed by atoms with Gasteiger partial charge in [0.1, 0.15) is 0 Å². The molecule has 41 heavy (non-hydrogen) atoms. The van der Waals surface area contributed by atoms with Crippen molar-refractivity contribution in [2.75, 3.05) is 33.1 Å². The molecule has 0 saturated carbocycles. The van der Waals surface area contributed by atoms with Gasteiger partial charge in [-0.3, -0.25) is 0 Å². The normalized spacial score (nSPS) is 31.8. The molecule has 0 bridgehead atoms. The molecule has 0 spiro atoms. The summed E-state index contributed by atoms with van der Waals surface area (Å²) >= 11 is 0. The summed E-state index contributed by atoms with van der Waals surface area (Å²) in [7, 11) is 14.2. The molecule has 9 nitrogen and oxygen atoms in total. The molecule has 1 fully saturated rings. The number of fused-ring (bicyclic) bond motifs is 3. The summed E-state index contributed by atoms with van der Waals surface area (Å²) in [6, 6.07) is 1.92. The number of hydrogen-bond acceptors (Lipinski definition) is 8. The van der Waals surface area contributed by atoms with Gasteiger partial charge in [-0.1, -0.05) is 0 Å². The molecule has 11 heteroatoms. The van der Waals surface area contributed by atoms with E-state index in [9.17, 15) is 24.9 Å². The number of aromatic hydroxyl groups is 1. The minimum absolute atomic E-state index is 0.0900. The van der Waals surface area contributed by atoms with E-state index in [2.05, 4.69) is 35.5 Å². The van der Waals surface area contributed by atoms with Crippen molar-refractivity contribution >= 4 is 39.6 Å². The molecule has 3 aliphatic carbocycles. The van der Waals surface area contributed by atoms with Crippen LogP contribution in [-0.2, 0) is 17.8 Å². The number of nitrogens with zero attached hydrogens (tertiary/aromatic N) is 3. The Labute approximate surface area is 245 Å². The number of carbonyl (C=O) groups excluding carboxylic acids is 2. The van der Waals surface area contributed by atoms with E-state index in [0.29, 0.717) is 31.5 Å². The van der Waals surface area contributed by atoms with Crippen LogP contribution in [0.15, 0.2) is 28.7 Å². The first-order chi connectivity index (χ1) is 19.1. The molecule has 1 aliphatic heterocycles. The van der Waals surface area contributed by atoms with Crippen molar-refractivity contribution in [1.82, 2.24) is 9.80 Å². The number of aliphatic hydroxyl groups excluding tert-OH is 2. The first kappa shape index (κ1) is 29.8. The molecule has 0 radical (unpaired) electrons. The third kappa shape index (κ3) is 4.28. The molecule has 7 atom stereocenters. The van der Waals surface area contributed by atoms with Crippen molar-refractivity contribution in [3.05, 3.63) is 45.4 Å². The zero-order valence-corrected chi connectivity index (χ0v) is 26.0. The number of nitrogens with two attached hydrogens (primary N) is 1. The number of carbonyl (C=O) groups is 2. The summed E-state index contributed by atoms with van der Waals surface area (Å²) in [4.78, 5) is 32.9. The van der Waals surface area contributed by atoms with Crippen molar-refractivity contribution in [1.29, 1.82) is 0 Å². The summed E-state index contributed by atoms with van der Waals surface area (Å²) < 4.78 is 0. The molecule has 5 N–H and O–H groups in total. The number of aliphatic hydroxyl groups is 2. The van der Waals surface area contributed by atoms with E-state index in [1.807, 2.05) is 19.0 Å². The van der Waals surface area contributed by atoms with Crippen LogP contribution < -0.4 is 10.6 Å². The Balaban J connectivity index is 1.68. The number of rotatable bonds is 5. The maximum atomic E-state index is 14.2. The molecule has 220 valence electrons. The predicted octanol–water partition coefficient (Wildman–Crippen LogP) is 1.95. The summed E-state index contributed by atoms with van der Waals surface area (Å²) in [5.41, 5.74) is 8.81. The van der Waals surface area contributed by atoms with Crippen molar-refractivity contribution in [3.63, 3.8) is 0 Å². The zero-order chi connectivity index (χ0) is 30.3. The van der Waals surface area contributed by atoms with Crippen LogP contribution in [0.3, 0.4) is 0 Å². The average molecular weight is 580 g/mol. The van der Waals surface area contributed by atoms with E-state index in [0.717, 1.165) is 29.7 Å². The van der Waals surface area contributed by atoms with Gasteiger partial charge in [-0.05, 0) is 26.7 Å². The monoisotopic (exact) mass is 580 g/mol. The second-order valence-electron chi connectivity index (χ2n) is 12.8. The standard InChI is InChI=1S/C30H42BN4O5P/c1-13-7-8-14(2)35(13)12-16-11-19(36)21-17(23(16)33(3)4)9-15-10-18-24(34(5)6)26(38)22(29(32)40)27(31)30(18,41)28(39)20(15)25(21)37/h11,13-15,18,24,31,36,38-39H,7-10,12,41H2,1-6H3,(H2,32,40)/t13?,14?,15-,18-,24-,30+/m0/s1. The molecule has 4 aliphatic rings. The third-order valence-electron chi connectivity index (χ3n) is 10.0. The topological polar surface area (TPSA) is 131 Å². The van der Waals surface area contributed by atoms with Crippen molar-refractivity contribution in [3.8, 4) is 5.75 Å². The van der Waals surface area contributed by atoms with Crippen LogP contribution in [0.1, 0.15) is 54.6 Å². The van der Waals surface area contributed by atoms with Crippen LogP contribution in [0, 0.1) is 11.8 Å². The molecule has 1 aromatic rings. The van der Waals surface area contributed by atoms with Crippen molar-refractivity contribution < 1.29 is 24.9 Å². The maximum absolute atomic E-state index is 14.2. The number of hydrogen-bond donors (Lipinski definition) is 4. The van der Waals surface area contributed by atoms with Gasteiger partial charge in [0.15, 0.2) is 0 Å². The van der Waals surface area contributed by atoms with E-state index in [1.54, 1.807) is 25.1 Å². The van der Waals surface area contributed by atoms with Crippen LogP contribution >= 0.6 is 9.24 Å². The van der Waals surface area contributed by atoms with Crippen LogP contribution in [-0.4, -0.2) is 101 Å². The number of ketones is 1. The fourth-order valence-corrected chi connectivity index (χ4v) is 8.66. The number of likely N-dealkylation sites (tertiary alicyclic amines) is 1. The van der Waals surface area contributed by atoms with Gasteiger partial charge in [-0.2, -0.15) is 0 Å². The second kappa shape index (κ2) is 10.2. The van der Waals surface area contributed by atoms with Crippen LogP contribution in [0.2, 0.25) is 0 Å². The third-order valence-corrected chi connectivity index (χ3v) is 11.1. The quantitative estimate of drug-likeness (QED) is 0.307. The fourth-order valence-electron chi connectivity index (χ4n) is 8.04. The molecule has 1 saturated heterocycles. The second-order valence-corrected chi connectivity index (χ2v) is 13.7. The van der Waals surface area contributed by atoms with Crippen molar-refractivity contribution in [2.24, 2.45) is 17.6 Å². The summed E-state index contributed by atoms with van der Waals surface area (Å²) in [5.74, 6) is -2.49. The van der Waals surface area contributed by atoms with E-state index < -0.39 is 28.8 Å². The number of anilines is 1. The molecule has 1 heterocycles. The van der Waals surface area contributed by atoms with E-state index in [-0.39, 0.29) is 45.4 Å². The van der Waals surface area contributed by atoms with Crippen molar-refractivity contribution in [2.45, 2.75) is 69.4 Å². The minimum atomic E-state index is -1.29. The Morgan fingerprint density at radius 2 is 1.78 bits per heavy atom. The number of likely N-dealkylation sites (N-methyl/N-ethyl adjacent to an activating group) is 1. The van der Waals surface area contributed by atoms with Crippen LogP contribution in [0.5, 0.6) is 5.75 Å². The molecule has 0 aromatic heterocycles. The molecule has 1 amide bonds. The SMILES string of the molecule is B=C1C(C(N)=O)=C(O)[C@@H](N(C)C)[C@@H]2C[C@@H]3Cc4c(c(O)cc(CN5C(C)CCC5C)c4N(C)C)C(=O)C3=C(O)[C@]12P. The fraction of sp³-hybridized carbons (Fsp3) is 0.567.